The van der Waals surface area contributed by atoms with E-state index >= 15 is 0 Å². The zero-order valence-electron chi connectivity index (χ0n) is 10.5. The highest BCUT2D eigenvalue weighted by atomic mass is 32.2. The van der Waals surface area contributed by atoms with Crippen LogP contribution >= 0.6 is 23.5 Å². The lowest BCUT2D eigenvalue weighted by atomic mass is 10.0. The molecule has 1 aromatic heterocycles. The molecule has 17 heavy (non-hydrogen) atoms. The highest BCUT2D eigenvalue weighted by Crippen LogP contribution is 2.38. The van der Waals surface area contributed by atoms with Crippen molar-refractivity contribution in [3.63, 3.8) is 0 Å². The van der Waals surface area contributed by atoms with E-state index in [9.17, 15) is 0 Å². The summed E-state index contributed by atoms with van der Waals surface area (Å²) in [5.41, 5.74) is 1.30. The summed E-state index contributed by atoms with van der Waals surface area (Å²) >= 11 is 4.20. The molecule has 0 aliphatic carbocycles. The molecule has 1 aliphatic heterocycles. The van der Waals surface area contributed by atoms with E-state index < -0.39 is 0 Å². The Morgan fingerprint density at radius 1 is 1.47 bits per heavy atom. The van der Waals surface area contributed by atoms with E-state index in [1.54, 1.807) is 6.26 Å². The molecule has 1 N–H and O–H groups in total. The average molecular weight is 271 g/mol. The van der Waals surface area contributed by atoms with Gasteiger partial charge >= 0.3 is 0 Å². The fraction of sp³-hybridized carbons (Fsp3) is 0.692. The first-order valence-corrected chi connectivity index (χ1v) is 8.41. The van der Waals surface area contributed by atoms with Crippen LogP contribution in [0.3, 0.4) is 0 Å². The Morgan fingerprint density at radius 3 is 2.94 bits per heavy atom. The first-order valence-electron chi connectivity index (χ1n) is 6.31. The normalized spacial score (nSPS) is 26.9. The second-order valence-electron chi connectivity index (χ2n) is 4.40. The van der Waals surface area contributed by atoms with Crippen molar-refractivity contribution in [3.05, 3.63) is 24.2 Å². The highest BCUT2D eigenvalue weighted by molar-refractivity contribution is 8.07. The van der Waals surface area contributed by atoms with Crippen LogP contribution in [0.15, 0.2) is 23.0 Å². The molecular weight excluding hydrogens is 250 g/mol. The highest BCUT2D eigenvalue weighted by Gasteiger charge is 2.31. The maximum atomic E-state index is 5.25. The van der Waals surface area contributed by atoms with E-state index in [0.29, 0.717) is 16.5 Å². The fourth-order valence-corrected chi connectivity index (χ4v) is 5.14. The molecular formula is C13H21NOS2. The van der Waals surface area contributed by atoms with Gasteiger partial charge in [-0.15, -0.1) is 0 Å². The van der Waals surface area contributed by atoms with Crippen LogP contribution in [-0.2, 0) is 0 Å². The smallest absolute Gasteiger partial charge is 0.0950 e. The van der Waals surface area contributed by atoms with E-state index in [0.717, 1.165) is 6.54 Å². The van der Waals surface area contributed by atoms with Gasteiger partial charge in [-0.2, -0.15) is 23.5 Å². The van der Waals surface area contributed by atoms with Gasteiger partial charge in [0.05, 0.1) is 12.5 Å². The molecule has 0 radical (unpaired) electrons. The second kappa shape index (κ2) is 6.76. The topological polar surface area (TPSA) is 25.2 Å². The molecule has 4 heteroatoms. The number of thioether (sulfide) groups is 2. The molecule has 0 bridgehead atoms. The second-order valence-corrected chi connectivity index (χ2v) is 7.17. The van der Waals surface area contributed by atoms with E-state index in [1.165, 1.54) is 23.5 Å². The van der Waals surface area contributed by atoms with Crippen LogP contribution in [0.1, 0.15) is 31.9 Å². The zero-order chi connectivity index (χ0) is 12.1. The lowest BCUT2D eigenvalue weighted by molar-refractivity contribution is 0.496. The molecule has 1 fully saturated rings. The van der Waals surface area contributed by atoms with E-state index in [2.05, 4.69) is 48.8 Å². The summed E-state index contributed by atoms with van der Waals surface area (Å²) in [5.74, 6) is 2.55. The van der Waals surface area contributed by atoms with Crippen LogP contribution in [0.25, 0.3) is 0 Å². The Hall–Kier alpha value is -0.0600. The summed E-state index contributed by atoms with van der Waals surface area (Å²) < 4.78 is 5.25. The Balaban J connectivity index is 2.08. The van der Waals surface area contributed by atoms with Crippen molar-refractivity contribution in [1.82, 2.24) is 5.32 Å². The standard InChI is InChI=1S/C13H21NOS2/c1-3-5-14-12(11-4-6-15-9-11)13-10(2)16-7-8-17-13/h4,6,9-10,12-14H,3,5,7-8H2,1-2H3. The summed E-state index contributed by atoms with van der Waals surface area (Å²) in [4.78, 5) is 0. The molecule has 3 atom stereocenters. The minimum Gasteiger partial charge on any atom is -0.472 e. The number of furan rings is 1. The lowest BCUT2D eigenvalue weighted by Crippen LogP contribution is -2.37. The first kappa shape index (κ1) is 13.4. The molecule has 2 rings (SSSR count). The average Bonchev–Trinajstić information content (AvgIpc) is 2.85. The molecule has 0 spiro atoms. The van der Waals surface area contributed by atoms with Crippen LogP contribution < -0.4 is 5.32 Å². The Bertz CT molecular complexity index is 315. The predicted molar refractivity (Wildman–Crippen MR) is 77.9 cm³/mol. The summed E-state index contributed by atoms with van der Waals surface area (Å²) in [6.07, 6.45) is 4.84. The van der Waals surface area contributed by atoms with Crippen molar-refractivity contribution >= 4 is 23.5 Å². The van der Waals surface area contributed by atoms with E-state index in [4.69, 9.17) is 4.42 Å². The molecule has 2 heterocycles. The molecule has 3 unspecified atom stereocenters. The summed E-state index contributed by atoms with van der Waals surface area (Å²) in [6, 6.07) is 2.53. The van der Waals surface area contributed by atoms with Gasteiger partial charge in [0.15, 0.2) is 0 Å². The van der Waals surface area contributed by atoms with Crippen molar-refractivity contribution < 1.29 is 4.42 Å². The summed E-state index contributed by atoms with van der Waals surface area (Å²) in [7, 11) is 0. The third-order valence-corrected chi connectivity index (χ3v) is 6.28. The van der Waals surface area contributed by atoms with Gasteiger partial charge < -0.3 is 9.73 Å². The monoisotopic (exact) mass is 271 g/mol. The predicted octanol–water partition coefficient (Wildman–Crippen LogP) is 3.56. The molecule has 1 aromatic rings. The van der Waals surface area contributed by atoms with Gasteiger partial charge in [0, 0.05) is 33.6 Å². The zero-order valence-corrected chi connectivity index (χ0v) is 12.2. The van der Waals surface area contributed by atoms with Crippen LogP contribution in [0, 0.1) is 0 Å². The third kappa shape index (κ3) is 3.46. The minimum absolute atomic E-state index is 0.432. The van der Waals surface area contributed by atoms with Crippen molar-refractivity contribution in [2.24, 2.45) is 0 Å². The number of rotatable bonds is 5. The number of nitrogens with one attached hydrogen (secondary N) is 1. The molecule has 0 saturated carbocycles. The number of hydrogen-bond donors (Lipinski definition) is 1. The van der Waals surface area contributed by atoms with Crippen molar-refractivity contribution in [3.8, 4) is 0 Å². The van der Waals surface area contributed by atoms with Crippen LogP contribution in [-0.4, -0.2) is 28.6 Å². The Kier molecular flexibility index (Phi) is 5.32. The van der Waals surface area contributed by atoms with Gasteiger partial charge in [0.1, 0.15) is 0 Å². The first-order chi connectivity index (χ1) is 8.33. The minimum atomic E-state index is 0.432. The number of hydrogen-bond acceptors (Lipinski definition) is 4. The van der Waals surface area contributed by atoms with E-state index in [-0.39, 0.29) is 0 Å². The molecule has 1 aliphatic rings. The van der Waals surface area contributed by atoms with E-state index in [1.807, 2.05) is 6.26 Å². The maximum Gasteiger partial charge on any atom is 0.0950 e. The largest absolute Gasteiger partial charge is 0.472 e. The molecule has 0 amide bonds. The molecule has 96 valence electrons. The summed E-state index contributed by atoms with van der Waals surface area (Å²) in [6.45, 7) is 5.64. The Labute approximate surface area is 112 Å². The molecule has 1 saturated heterocycles. The third-order valence-electron chi connectivity index (χ3n) is 3.08. The molecule has 0 aromatic carbocycles. The van der Waals surface area contributed by atoms with Crippen LogP contribution in [0.4, 0.5) is 0 Å². The van der Waals surface area contributed by atoms with Gasteiger partial charge in [0.25, 0.3) is 0 Å². The lowest BCUT2D eigenvalue weighted by Gasteiger charge is -2.34. The summed E-state index contributed by atoms with van der Waals surface area (Å²) in [5, 5.41) is 5.04. The fourth-order valence-electron chi connectivity index (χ4n) is 2.19. The van der Waals surface area contributed by atoms with Gasteiger partial charge in [-0.05, 0) is 19.0 Å². The van der Waals surface area contributed by atoms with Gasteiger partial charge in [-0.25, -0.2) is 0 Å². The van der Waals surface area contributed by atoms with Crippen molar-refractivity contribution in [1.29, 1.82) is 0 Å². The van der Waals surface area contributed by atoms with Crippen LogP contribution in [0.2, 0.25) is 0 Å². The quantitative estimate of drug-likeness (QED) is 0.885. The SMILES string of the molecule is CCCNC(c1ccoc1)C1SCCSC1C. The molecule has 2 nitrogen and oxygen atoms in total. The van der Waals surface area contributed by atoms with Crippen molar-refractivity contribution in [2.75, 3.05) is 18.1 Å². The van der Waals surface area contributed by atoms with Gasteiger partial charge in [-0.3, -0.25) is 0 Å². The van der Waals surface area contributed by atoms with Gasteiger partial charge in [-0.1, -0.05) is 13.8 Å². The Morgan fingerprint density at radius 2 is 2.29 bits per heavy atom. The maximum absolute atomic E-state index is 5.25. The van der Waals surface area contributed by atoms with Crippen LogP contribution in [0.5, 0.6) is 0 Å². The van der Waals surface area contributed by atoms with Gasteiger partial charge in [0.2, 0.25) is 0 Å². The van der Waals surface area contributed by atoms with Crippen molar-refractivity contribution in [2.45, 2.75) is 36.8 Å².